The van der Waals surface area contributed by atoms with Crippen molar-refractivity contribution in [2.45, 2.75) is 32.9 Å². The Morgan fingerprint density at radius 1 is 1.29 bits per heavy atom. The number of nitrogens with zero attached hydrogens (tertiary/aromatic N) is 3. The minimum Gasteiger partial charge on any atom is -0.483 e. The topological polar surface area (TPSA) is 66.0 Å². The molecule has 114 valence electrons. The normalized spacial score (nSPS) is 10.9. The van der Waals surface area contributed by atoms with Gasteiger partial charge in [0.1, 0.15) is 18.7 Å². The monoisotopic (exact) mass is 416 g/mol. The summed E-state index contributed by atoms with van der Waals surface area (Å²) in [6, 6.07) is 4.06. The number of benzene rings is 1. The van der Waals surface area contributed by atoms with Crippen molar-refractivity contribution in [3.8, 4) is 5.75 Å². The molecule has 5 nitrogen and oxygen atoms in total. The van der Waals surface area contributed by atoms with Crippen LogP contribution in [0.5, 0.6) is 5.75 Å². The second-order valence-electron chi connectivity index (χ2n) is 4.62. The van der Waals surface area contributed by atoms with Crippen LogP contribution in [-0.4, -0.2) is 21.3 Å². The summed E-state index contributed by atoms with van der Waals surface area (Å²) < 4.78 is 9.56. The van der Waals surface area contributed by atoms with Crippen LogP contribution in [0.25, 0.3) is 0 Å². The molecule has 2 rings (SSSR count). The Bertz CT molecular complexity index is 577. The van der Waals surface area contributed by atoms with E-state index in [0.29, 0.717) is 13.2 Å². The lowest BCUT2D eigenvalue weighted by atomic mass is 10.1. The lowest BCUT2D eigenvalue weighted by molar-refractivity contribution is 0.282. The molecule has 2 N–H and O–H groups in total. The molecule has 0 aliphatic heterocycles. The molecule has 0 saturated carbocycles. The Labute approximate surface area is 141 Å². The zero-order valence-electron chi connectivity index (χ0n) is 11.9. The SMILES string of the molecule is CCCn1ncnc1COc1c(Br)cc(CCN)cc1Br. The Kier molecular flexibility index (Phi) is 6.20. The summed E-state index contributed by atoms with van der Waals surface area (Å²) in [5.74, 6) is 1.59. The smallest absolute Gasteiger partial charge is 0.164 e. The molecule has 7 heteroatoms. The van der Waals surface area contributed by atoms with E-state index in [2.05, 4.69) is 48.9 Å². The highest BCUT2D eigenvalue weighted by atomic mass is 79.9. The highest BCUT2D eigenvalue weighted by molar-refractivity contribution is 9.11. The Balaban J connectivity index is 2.11. The van der Waals surface area contributed by atoms with Crippen LogP contribution < -0.4 is 10.5 Å². The Morgan fingerprint density at radius 2 is 2.00 bits per heavy atom. The van der Waals surface area contributed by atoms with Gasteiger partial charge in [-0.3, -0.25) is 0 Å². The van der Waals surface area contributed by atoms with Crippen molar-refractivity contribution in [3.05, 3.63) is 38.8 Å². The van der Waals surface area contributed by atoms with Crippen molar-refractivity contribution in [1.29, 1.82) is 0 Å². The van der Waals surface area contributed by atoms with Gasteiger partial charge in [-0.05, 0) is 68.9 Å². The molecule has 0 fully saturated rings. The number of hydrogen-bond donors (Lipinski definition) is 1. The van der Waals surface area contributed by atoms with Crippen molar-refractivity contribution in [2.24, 2.45) is 5.73 Å². The van der Waals surface area contributed by atoms with Crippen molar-refractivity contribution >= 4 is 31.9 Å². The zero-order valence-corrected chi connectivity index (χ0v) is 15.0. The molecule has 0 bridgehead atoms. The molecular weight excluding hydrogens is 400 g/mol. The molecule has 0 saturated heterocycles. The first kappa shape index (κ1) is 16.5. The van der Waals surface area contributed by atoms with Gasteiger partial charge in [0.25, 0.3) is 0 Å². The van der Waals surface area contributed by atoms with Gasteiger partial charge in [-0.1, -0.05) is 6.92 Å². The molecule has 1 heterocycles. The van der Waals surface area contributed by atoms with Crippen LogP contribution in [0, 0.1) is 0 Å². The summed E-state index contributed by atoms with van der Waals surface area (Å²) in [5.41, 5.74) is 6.75. The van der Waals surface area contributed by atoms with Gasteiger partial charge in [-0.25, -0.2) is 9.67 Å². The standard InChI is InChI=1S/C14H18Br2N4O/c1-2-5-20-13(18-9-19-20)8-21-14-11(15)6-10(3-4-17)7-12(14)16/h6-7,9H,2-5,8,17H2,1H3. The quantitative estimate of drug-likeness (QED) is 0.750. The summed E-state index contributed by atoms with van der Waals surface area (Å²) in [6.45, 7) is 3.96. The predicted molar refractivity (Wildman–Crippen MR) is 89.2 cm³/mol. The average Bonchev–Trinajstić information content (AvgIpc) is 2.86. The molecule has 0 aliphatic rings. The van der Waals surface area contributed by atoms with E-state index in [9.17, 15) is 0 Å². The Hall–Kier alpha value is -0.920. The molecular formula is C14H18Br2N4O. The van der Waals surface area contributed by atoms with Crippen LogP contribution in [-0.2, 0) is 19.6 Å². The van der Waals surface area contributed by atoms with E-state index in [1.54, 1.807) is 6.33 Å². The summed E-state index contributed by atoms with van der Waals surface area (Å²) in [5, 5.41) is 4.19. The van der Waals surface area contributed by atoms with Gasteiger partial charge in [0.15, 0.2) is 5.82 Å². The van der Waals surface area contributed by atoms with Crippen LogP contribution in [0.3, 0.4) is 0 Å². The minimum absolute atomic E-state index is 0.382. The van der Waals surface area contributed by atoms with Gasteiger partial charge in [-0.2, -0.15) is 5.10 Å². The summed E-state index contributed by atoms with van der Waals surface area (Å²) >= 11 is 7.09. The maximum absolute atomic E-state index is 5.88. The van der Waals surface area contributed by atoms with Gasteiger partial charge in [-0.15, -0.1) is 0 Å². The summed E-state index contributed by atoms with van der Waals surface area (Å²) in [6.07, 6.45) is 3.41. The zero-order chi connectivity index (χ0) is 15.2. The molecule has 0 atom stereocenters. The molecule has 0 amide bonds. The van der Waals surface area contributed by atoms with Crippen molar-refractivity contribution in [2.75, 3.05) is 6.54 Å². The number of hydrogen-bond acceptors (Lipinski definition) is 4. The molecule has 0 spiro atoms. The number of aromatic nitrogens is 3. The van der Waals surface area contributed by atoms with Crippen molar-refractivity contribution in [1.82, 2.24) is 14.8 Å². The van der Waals surface area contributed by atoms with Crippen LogP contribution in [0.4, 0.5) is 0 Å². The highest BCUT2D eigenvalue weighted by Crippen LogP contribution is 2.35. The largest absolute Gasteiger partial charge is 0.483 e. The van der Waals surface area contributed by atoms with Gasteiger partial charge < -0.3 is 10.5 Å². The van der Waals surface area contributed by atoms with Crippen molar-refractivity contribution in [3.63, 3.8) is 0 Å². The lowest BCUT2D eigenvalue weighted by Crippen LogP contribution is -2.09. The van der Waals surface area contributed by atoms with Crippen LogP contribution in [0.2, 0.25) is 0 Å². The van der Waals surface area contributed by atoms with Gasteiger partial charge in [0.05, 0.1) is 8.95 Å². The number of aryl methyl sites for hydroxylation is 1. The third-order valence-electron chi connectivity index (χ3n) is 2.97. The van der Waals surface area contributed by atoms with E-state index in [4.69, 9.17) is 10.5 Å². The molecule has 1 aromatic heterocycles. The van der Waals surface area contributed by atoms with Crippen LogP contribution in [0.15, 0.2) is 27.4 Å². The van der Waals surface area contributed by atoms with E-state index in [-0.39, 0.29) is 0 Å². The van der Waals surface area contributed by atoms with Gasteiger partial charge in [0.2, 0.25) is 0 Å². The fourth-order valence-corrected chi connectivity index (χ4v) is 3.51. The molecule has 0 radical (unpaired) electrons. The fourth-order valence-electron chi connectivity index (χ4n) is 2.00. The minimum atomic E-state index is 0.382. The van der Waals surface area contributed by atoms with E-state index in [1.807, 2.05) is 16.8 Å². The molecule has 0 aliphatic carbocycles. The second kappa shape index (κ2) is 7.91. The first-order valence-corrected chi connectivity index (χ1v) is 8.41. The van der Waals surface area contributed by atoms with E-state index in [0.717, 1.165) is 45.5 Å². The molecule has 1 aromatic carbocycles. The lowest BCUT2D eigenvalue weighted by Gasteiger charge is -2.12. The first-order valence-electron chi connectivity index (χ1n) is 6.83. The average molecular weight is 418 g/mol. The molecule has 0 unspecified atom stereocenters. The number of nitrogens with two attached hydrogens (primary N) is 1. The van der Waals surface area contributed by atoms with E-state index < -0.39 is 0 Å². The van der Waals surface area contributed by atoms with Crippen LogP contribution in [0.1, 0.15) is 24.7 Å². The summed E-state index contributed by atoms with van der Waals surface area (Å²) in [7, 11) is 0. The number of rotatable bonds is 7. The van der Waals surface area contributed by atoms with E-state index >= 15 is 0 Å². The first-order chi connectivity index (χ1) is 10.2. The molecule has 21 heavy (non-hydrogen) atoms. The fraction of sp³-hybridized carbons (Fsp3) is 0.429. The van der Waals surface area contributed by atoms with Crippen LogP contribution >= 0.6 is 31.9 Å². The van der Waals surface area contributed by atoms with Gasteiger partial charge >= 0.3 is 0 Å². The maximum Gasteiger partial charge on any atom is 0.164 e. The van der Waals surface area contributed by atoms with E-state index in [1.165, 1.54) is 0 Å². The molecule has 2 aromatic rings. The maximum atomic E-state index is 5.88. The summed E-state index contributed by atoms with van der Waals surface area (Å²) in [4.78, 5) is 4.24. The highest BCUT2D eigenvalue weighted by Gasteiger charge is 2.11. The van der Waals surface area contributed by atoms with Crippen molar-refractivity contribution < 1.29 is 4.74 Å². The second-order valence-corrected chi connectivity index (χ2v) is 6.32. The third kappa shape index (κ3) is 4.28. The number of halogens is 2. The van der Waals surface area contributed by atoms with Gasteiger partial charge in [0, 0.05) is 6.54 Å². The number of ether oxygens (including phenoxy) is 1. The predicted octanol–water partition coefficient (Wildman–Crippen LogP) is 3.29. The Morgan fingerprint density at radius 3 is 2.62 bits per heavy atom. The third-order valence-corrected chi connectivity index (χ3v) is 4.15.